The lowest BCUT2D eigenvalue weighted by Gasteiger charge is -2.11. The zero-order valence-corrected chi connectivity index (χ0v) is 9.34. The van der Waals surface area contributed by atoms with Gasteiger partial charge >= 0.3 is 5.97 Å². The van der Waals surface area contributed by atoms with Crippen LogP contribution in [-0.2, 0) is 4.79 Å². The molecule has 0 heterocycles. The highest BCUT2D eigenvalue weighted by atomic mass is 16.5. The number of rotatable bonds is 5. The maximum absolute atomic E-state index is 11.9. The molecule has 0 amide bonds. The van der Waals surface area contributed by atoms with Crippen LogP contribution in [0.2, 0.25) is 0 Å². The van der Waals surface area contributed by atoms with Crippen LogP contribution in [0.4, 0.5) is 5.69 Å². The second kappa shape index (κ2) is 5.31. The van der Waals surface area contributed by atoms with E-state index in [-0.39, 0.29) is 17.7 Å². The lowest BCUT2D eigenvalue weighted by Crippen LogP contribution is -2.32. The summed E-state index contributed by atoms with van der Waals surface area (Å²) >= 11 is 0. The van der Waals surface area contributed by atoms with Crippen LogP contribution in [0.3, 0.4) is 0 Å². The molecular weight excluding hydrogens is 224 g/mol. The van der Waals surface area contributed by atoms with Gasteiger partial charge in [-0.15, -0.1) is 0 Å². The molecule has 0 aromatic heterocycles. The number of carboxylic acid groups (broad SMARTS) is 1. The van der Waals surface area contributed by atoms with Gasteiger partial charge in [-0.2, -0.15) is 0 Å². The number of nitrogens with two attached hydrogens (primary N) is 2. The standard InChI is InChI=1S/C11H14N2O4/c1-17-9-4-2-3-6(12)10(9)8(14)5-7(13)11(15)16/h2-4,7H,5,12-13H2,1H3,(H,15,16)/t7-/m0/s1. The number of carbonyl (C=O) groups excluding carboxylic acids is 1. The van der Waals surface area contributed by atoms with Gasteiger partial charge in [-0.1, -0.05) is 6.07 Å². The number of hydrogen-bond acceptors (Lipinski definition) is 5. The molecule has 1 rings (SSSR count). The van der Waals surface area contributed by atoms with Crippen LogP contribution in [0.25, 0.3) is 0 Å². The topological polar surface area (TPSA) is 116 Å². The molecule has 5 N–H and O–H groups in total. The molecule has 17 heavy (non-hydrogen) atoms. The molecule has 0 fully saturated rings. The van der Waals surface area contributed by atoms with Crippen LogP contribution in [0.5, 0.6) is 5.75 Å². The Morgan fingerprint density at radius 1 is 1.47 bits per heavy atom. The molecule has 1 atom stereocenters. The maximum atomic E-state index is 11.9. The minimum Gasteiger partial charge on any atom is -0.496 e. The Hall–Kier alpha value is -2.08. The summed E-state index contributed by atoms with van der Waals surface area (Å²) in [6.45, 7) is 0. The summed E-state index contributed by atoms with van der Waals surface area (Å²) in [4.78, 5) is 22.4. The summed E-state index contributed by atoms with van der Waals surface area (Å²) in [5, 5.41) is 8.63. The first-order valence-corrected chi connectivity index (χ1v) is 4.91. The van der Waals surface area contributed by atoms with Crippen molar-refractivity contribution >= 4 is 17.4 Å². The second-order valence-electron chi connectivity index (χ2n) is 3.50. The third kappa shape index (κ3) is 2.94. The maximum Gasteiger partial charge on any atom is 0.320 e. The fraction of sp³-hybridized carbons (Fsp3) is 0.273. The number of nitrogen functional groups attached to an aromatic ring is 1. The van der Waals surface area contributed by atoms with E-state index in [9.17, 15) is 9.59 Å². The highest BCUT2D eigenvalue weighted by Crippen LogP contribution is 2.25. The van der Waals surface area contributed by atoms with Gasteiger partial charge in [-0.3, -0.25) is 9.59 Å². The molecular formula is C11H14N2O4. The number of hydrogen-bond donors (Lipinski definition) is 3. The Labute approximate surface area is 98.2 Å². The molecule has 1 aromatic carbocycles. The van der Waals surface area contributed by atoms with Crippen molar-refractivity contribution in [2.24, 2.45) is 5.73 Å². The molecule has 0 saturated carbocycles. The third-order valence-corrected chi connectivity index (χ3v) is 2.28. The van der Waals surface area contributed by atoms with Gasteiger partial charge in [0, 0.05) is 12.1 Å². The third-order valence-electron chi connectivity index (χ3n) is 2.28. The van der Waals surface area contributed by atoms with Gasteiger partial charge in [0.1, 0.15) is 11.8 Å². The van der Waals surface area contributed by atoms with Crippen LogP contribution in [0.1, 0.15) is 16.8 Å². The zero-order valence-electron chi connectivity index (χ0n) is 9.34. The number of benzene rings is 1. The predicted molar refractivity (Wildman–Crippen MR) is 62.0 cm³/mol. The van der Waals surface area contributed by atoms with Gasteiger partial charge in [-0.05, 0) is 12.1 Å². The van der Waals surface area contributed by atoms with E-state index in [2.05, 4.69) is 0 Å². The Bertz CT molecular complexity index is 445. The Kier molecular flexibility index (Phi) is 4.06. The van der Waals surface area contributed by atoms with Crippen molar-refractivity contribution in [2.45, 2.75) is 12.5 Å². The van der Waals surface area contributed by atoms with E-state index < -0.39 is 17.8 Å². The Morgan fingerprint density at radius 2 is 2.12 bits per heavy atom. The van der Waals surface area contributed by atoms with E-state index in [1.807, 2.05) is 0 Å². The van der Waals surface area contributed by atoms with Crippen molar-refractivity contribution in [1.82, 2.24) is 0 Å². The molecule has 1 aromatic rings. The Balaban J connectivity index is 3.00. The van der Waals surface area contributed by atoms with Crippen molar-refractivity contribution in [2.75, 3.05) is 12.8 Å². The van der Waals surface area contributed by atoms with Gasteiger partial charge in [-0.25, -0.2) is 0 Å². The average Bonchev–Trinajstić information content (AvgIpc) is 2.27. The molecule has 0 aliphatic heterocycles. The predicted octanol–water partition coefficient (Wildman–Crippen LogP) is 0.262. The smallest absolute Gasteiger partial charge is 0.320 e. The largest absolute Gasteiger partial charge is 0.496 e. The molecule has 0 radical (unpaired) electrons. The van der Waals surface area contributed by atoms with E-state index in [0.717, 1.165) is 0 Å². The fourth-order valence-electron chi connectivity index (χ4n) is 1.41. The molecule has 0 bridgehead atoms. The van der Waals surface area contributed by atoms with Gasteiger partial charge in [0.05, 0.1) is 12.7 Å². The van der Waals surface area contributed by atoms with Crippen LogP contribution in [-0.4, -0.2) is 30.0 Å². The van der Waals surface area contributed by atoms with Crippen LogP contribution < -0.4 is 16.2 Å². The van der Waals surface area contributed by atoms with Gasteiger partial charge in [0.2, 0.25) is 0 Å². The van der Waals surface area contributed by atoms with E-state index >= 15 is 0 Å². The number of ketones is 1. The first kappa shape index (κ1) is 13.0. The molecule has 0 unspecified atom stereocenters. The van der Waals surface area contributed by atoms with E-state index in [1.54, 1.807) is 18.2 Å². The van der Waals surface area contributed by atoms with Crippen molar-refractivity contribution in [1.29, 1.82) is 0 Å². The van der Waals surface area contributed by atoms with Gasteiger partial charge < -0.3 is 21.3 Å². The van der Waals surface area contributed by atoms with Crippen LogP contribution >= 0.6 is 0 Å². The molecule has 0 aliphatic carbocycles. The minimum atomic E-state index is -1.24. The highest BCUT2D eigenvalue weighted by molar-refractivity contribution is 6.05. The van der Waals surface area contributed by atoms with Crippen LogP contribution in [0.15, 0.2) is 18.2 Å². The zero-order chi connectivity index (χ0) is 13.0. The SMILES string of the molecule is COc1cccc(N)c1C(=O)C[C@H](N)C(=O)O. The molecule has 92 valence electrons. The number of Topliss-reactive ketones (excluding diaryl/α,β-unsaturated/α-hetero) is 1. The van der Waals surface area contributed by atoms with Crippen molar-refractivity contribution < 1.29 is 19.4 Å². The summed E-state index contributed by atoms with van der Waals surface area (Å²) in [6, 6.07) is 3.52. The summed E-state index contributed by atoms with van der Waals surface area (Å²) in [5.41, 5.74) is 11.4. The molecule has 6 heteroatoms. The fourth-order valence-corrected chi connectivity index (χ4v) is 1.41. The lowest BCUT2D eigenvalue weighted by molar-refractivity contribution is -0.138. The normalized spacial score (nSPS) is 11.9. The summed E-state index contributed by atoms with van der Waals surface area (Å²) in [7, 11) is 1.41. The number of carboxylic acids is 1. The quantitative estimate of drug-likeness (QED) is 0.500. The average molecular weight is 238 g/mol. The number of methoxy groups -OCH3 is 1. The second-order valence-corrected chi connectivity index (χ2v) is 3.50. The van der Waals surface area contributed by atoms with E-state index in [0.29, 0.717) is 5.75 Å². The van der Waals surface area contributed by atoms with Crippen molar-refractivity contribution in [3.8, 4) is 5.75 Å². The molecule has 0 aliphatic rings. The van der Waals surface area contributed by atoms with Crippen molar-refractivity contribution in [3.05, 3.63) is 23.8 Å². The first-order chi connectivity index (χ1) is 7.97. The summed E-state index contributed by atoms with van der Waals surface area (Å²) in [5.74, 6) is -1.37. The number of anilines is 1. The van der Waals surface area contributed by atoms with Crippen LogP contribution in [0, 0.1) is 0 Å². The molecule has 0 spiro atoms. The highest BCUT2D eigenvalue weighted by Gasteiger charge is 2.21. The lowest BCUT2D eigenvalue weighted by atomic mass is 10.0. The number of aliphatic carboxylic acids is 1. The molecule has 6 nitrogen and oxygen atoms in total. The van der Waals surface area contributed by atoms with Gasteiger partial charge in [0.15, 0.2) is 5.78 Å². The number of carbonyl (C=O) groups is 2. The summed E-state index contributed by atoms with van der Waals surface area (Å²) < 4.78 is 5.00. The number of ether oxygens (including phenoxy) is 1. The molecule has 0 saturated heterocycles. The van der Waals surface area contributed by atoms with Gasteiger partial charge in [0.25, 0.3) is 0 Å². The van der Waals surface area contributed by atoms with Crippen molar-refractivity contribution in [3.63, 3.8) is 0 Å². The van der Waals surface area contributed by atoms with E-state index in [4.69, 9.17) is 21.3 Å². The summed E-state index contributed by atoms with van der Waals surface area (Å²) in [6.07, 6.45) is -0.320. The first-order valence-electron chi connectivity index (χ1n) is 4.91. The monoisotopic (exact) mass is 238 g/mol. The minimum absolute atomic E-state index is 0.173. The van der Waals surface area contributed by atoms with E-state index in [1.165, 1.54) is 7.11 Å². The Morgan fingerprint density at radius 3 is 2.65 bits per heavy atom.